The van der Waals surface area contributed by atoms with E-state index in [2.05, 4.69) is 34.2 Å². The SMILES string of the molecule is CN1C2CCC1C(c1nc(-c3ccncc3)no1)C(c1ccc(Cl)cc1)C2. The molecule has 0 amide bonds. The molecule has 5 rings (SSSR count). The molecule has 5 nitrogen and oxygen atoms in total. The number of nitrogens with zero attached hydrogens (tertiary/aromatic N) is 4. The second kappa shape index (κ2) is 6.73. The van der Waals surface area contributed by atoms with Gasteiger partial charge in [-0.15, -0.1) is 0 Å². The molecule has 0 N–H and O–H groups in total. The Morgan fingerprint density at radius 3 is 2.63 bits per heavy atom. The van der Waals surface area contributed by atoms with Crippen molar-refractivity contribution in [3.8, 4) is 11.4 Å². The summed E-state index contributed by atoms with van der Waals surface area (Å²) in [6, 6.07) is 13.1. The van der Waals surface area contributed by atoms with Crippen LogP contribution in [0.15, 0.2) is 53.3 Å². The third-order valence-electron chi connectivity index (χ3n) is 6.23. The molecule has 4 heterocycles. The normalized spacial score (nSPS) is 27.8. The number of likely N-dealkylation sites (N-methyl/N-ethyl adjacent to an activating group) is 1. The summed E-state index contributed by atoms with van der Waals surface area (Å²) in [5.41, 5.74) is 2.23. The van der Waals surface area contributed by atoms with Crippen molar-refractivity contribution in [3.05, 3.63) is 65.3 Å². The first-order valence-electron chi connectivity index (χ1n) is 9.42. The highest BCUT2D eigenvalue weighted by Gasteiger charge is 2.48. The first kappa shape index (κ1) is 16.9. The van der Waals surface area contributed by atoms with Gasteiger partial charge in [0.15, 0.2) is 0 Å². The molecule has 138 valence electrons. The molecular formula is C21H21ClN4O. The van der Waals surface area contributed by atoms with E-state index in [0.717, 1.165) is 22.9 Å². The van der Waals surface area contributed by atoms with E-state index in [4.69, 9.17) is 21.1 Å². The minimum absolute atomic E-state index is 0.193. The number of halogens is 1. The monoisotopic (exact) mass is 380 g/mol. The Kier molecular flexibility index (Phi) is 4.21. The van der Waals surface area contributed by atoms with Crippen molar-refractivity contribution in [2.45, 2.75) is 43.2 Å². The molecule has 4 atom stereocenters. The van der Waals surface area contributed by atoms with E-state index >= 15 is 0 Å². The van der Waals surface area contributed by atoms with Crippen molar-refractivity contribution in [2.24, 2.45) is 0 Å². The van der Waals surface area contributed by atoms with Gasteiger partial charge in [-0.05, 0) is 62.1 Å². The molecule has 2 fully saturated rings. The molecule has 27 heavy (non-hydrogen) atoms. The Labute approximate surface area is 163 Å². The van der Waals surface area contributed by atoms with Crippen LogP contribution in [-0.4, -0.2) is 39.2 Å². The van der Waals surface area contributed by atoms with Gasteiger partial charge < -0.3 is 4.52 Å². The Morgan fingerprint density at radius 1 is 1.07 bits per heavy atom. The van der Waals surface area contributed by atoms with Crippen LogP contribution in [0, 0.1) is 0 Å². The van der Waals surface area contributed by atoms with Crippen LogP contribution in [0.4, 0.5) is 0 Å². The van der Waals surface area contributed by atoms with Gasteiger partial charge in [-0.2, -0.15) is 4.98 Å². The summed E-state index contributed by atoms with van der Waals surface area (Å²) in [6.07, 6.45) is 7.00. The lowest BCUT2D eigenvalue weighted by Gasteiger charge is -2.41. The number of benzene rings is 1. The average molecular weight is 381 g/mol. The van der Waals surface area contributed by atoms with Crippen molar-refractivity contribution in [1.82, 2.24) is 20.0 Å². The summed E-state index contributed by atoms with van der Waals surface area (Å²) < 4.78 is 5.80. The van der Waals surface area contributed by atoms with Gasteiger partial charge in [0.05, 0.1) is 5.92 Å². The number of aromatic nitrogens is 3. The second-order valence-electron chi connectivity index (χ2n) is 7.58. The van der Waals surface area contributed by atoms with E-state index in [1.807, 2.05) is 24.3 Å². The van der Waals surface area contributed by atoms with Crippen LogP contribution >= 0.6 is 11.6 Å². The fourth-order valence-corrected chi connectivity index (χ4v) is 4.97. The van der Waals surface area contributed by atoms with Crippen molar-refractivity contribution in [1.29, 1.82) is 0 Å². The van der Waals surface area contributed by atoms with E-state index in [1.165, 1.54) is 18.4 Å². The molecule has 6 heteroatoms. The maximum absolute atomic E-state index is 6.11. The second-order valence-corrected chi connectivity index (χ2v) is 8.01. The molecule has 4 unspecified atom stereocenters. The summed E-state index contributed by atoms with van der Waals surface area (Å²) in [5, 5.41) is 5.03. The van der Waals surface area contributed by atoms with Gasteiger partial charge in [0.1, 0.15) is 0 Å². The Hall–Kier alpha value is -2.24. The molecule has 2 aromatic heterocycles. The van der Waals surface area contributed by atoms with Gasteiger partial charge in [-0.25, -0.2) is 0 Å². The van der Waals surface area contributed by atoms with Gasteiger partial charge in [0.25, 0.3) is 0 Å². The highest BCUT2D eigenvalue weighted by atomic mass is 35.5. The predicted octanol–water partition coefficient (Wildman–Crippen LogP) is 4.52. The van der Waals surface area contributed by atoms with Crippen molar-refractivity contribution >= 4 is 11.6 Å². The van der Waals surface area contributed by atoms with Gasteiger partial charge in [-0.3, -0.25) is 9.88 Å². The molecule has 2 bridgehead atoms. The molecule has 0 spiro atoms. The average Bonchev–Trinajstić information content (AvgIpc) is 3.26. The van der Waals surface area contributed by atoms with Gasteiger partial charge in [-0.1, -0.05) is 28.9 Å². The highest BCUT2D eigenvalue weighted by molar-refractivity contribution is 6.30. The summed E-state index contributed by atoms with van der Waals surface area (Å²) in [4.78, 5) is 11.4. The molecule has 1 aromatic carbocycles. The Balaban J connectivity index is 1.54. The summed E-state index contributed by atoms with van der Waals surface area (Å²) in [7, 11) is 2.23. The maximum Gasteiger partial charge on any atom is 0.232 e. The van der Waals surface area contributed by atoms with Crippen LogP contribution in [0.5, 0.6) is 0 Å². The number of rotatable bonds is 3. The van der Waals surface area contributed by atoms with Crippen LogP contribution in [0.2, 0.25) is 5.02 Å². The zero-order valence-corrected chi connectivity index (χ0v) is 15.9. The molecule has 2 aliphatic heterocycles. The van der Waals surface area contributed by atoms with Crippen LogP contribution in [0.1, 0.15) is 42.6 Å². The minimum Gasteiger partial charge on any atom is -0.339 e. The fourth-order valence-electron chi connectivity index (χ4n) is 4.85. The molecular weight excluding hydrogens is 360 g/mol. The number of fused-ring (bicyclic) bond motifs is 2. The maximum atomic E-state index is 6.11. The lowest BCUT2D eigenvalue weighted by molar-refractivity contribution is 0.120. The molecule has 0 saturated carbocycles. The van der Waals surface area contributed by atoms with Gasteiger partial charge >= 0.3 is 0 Å². The first-order valence-corrected chi connectivity index (χ1v) is 9.80. The van der Waals surface area contributed by atoms with Crippen molar-refractivity contribution < 1.29 is 4.52 Å². The standard InChI is InChI=1S/C21H21ClN4O/c1-26-16-6-7-18(26)19(17(12-16)13-2-4-15(22)5-3-13)21-24-20(25-27-21)14-8-10-23-11-9-14/h2-5,8-11,16-19H,6-7,12H2,1H3. The smallest absolute Gasteiger partial charge is 0.232 e. The van der Waals surface area contributed by atoms with Crippen molar-refractivity contribution in [2.75, 3.05) is 7.05 Å². The summed E-state index contributed by atoms with van der Waals surface area (Å²) >= 11 is 6.11. The third-order valence-corrected chi connectivity index (χ3v) is 6.48. The topological polar surface area (TPSA) is 55.1 Å². The van der Waals surface area contributed by atoms with E-state index in [-0.39, 0.29) is 5.92 Å². The van der Waals surface area contributed by atoms with E-state index in [0.29, 0.717) is 23.8 Å². The van der Waals surface area contributed by atoms with Gasteiger partial charge in [0, 0.05) is 35.1 Å². The van der Waals surface area contributed by atoms with E-state index in [1.54, 1.807) is 12.4 Å². The molecule has 3 aromatic rings. The highest BCUT2D eigenvalue weighted by Crippen LogP contribution is 2.50. The largest absolute Gasteiger partial charge is 0.339 e. The lowest BCUT2D eigenvalue weighted by atomic mass is 9.76. The first-order chi connectivity index (χ1) is 13.2. The van der Waals surface area contributed by atoms with Crippen LogP contribution in [0.25, 0.3) is 11.4 Å². The predicted molar refractivity (Wildman–Crippen MR) is 104 cm³/mol. The Morgan fingerprint density at radius 2 is 1.85 bits per heavy atom. The zero-order chi connectivity index (χ0) is 18.4. The Bertz CT molecular complexity index is 927. The molecule has 0 aliphatic carbocycles. The number of hydrogen-bond donors (Lipinski definition) is 0. The fraction of sp³-hybridized carbons (Fsp3) is 0.381. The lowest BCUT2D eigenvalue weighted by Crippen LogP contribution is -2.44. The number of pyridine rings is 1. The third kappa shape index (κ3) is 2.95. The quantitative estimate of drug-likeness (QED) is 0.668. The number of hydrogen-bond acceptors (Lipinski definition) is 5. The zero-order valence-electron chi connectivity index (χ0n) is 15.1. The summed E-state index contributed by atoms with van der Waals surface area (Å²) in [5.74, 6) is 1.92. The van der Waals surface area contributed by atoms with Crippen LogP contribution in [0.3, 0.4) is 0 Å². The molecule has 2 saturated heterocycles. The van der Waals surface area contributed by atoms with Crippen LogP contribution in [-0.2, 0) is 0 Å². The molecule has 0 radical (unpaired) electrons. The van der Waals surface area contributed by atoms with E-state index < -0.39 is 0 Å². The molecule has 2 aliphatic rings. The van der Waals surface area contributed by atoms with Crippen LogP contribution < -0.4 is 0 Å². The number of piperidine rings is 1. The van der Waals surface area contributed by atoms with Crippen molar-refractivity contribution in [3.63, 3.8) is 0 Å². The summed E-state index contributed by atoms with van der Waals surface area (Å²) in [6.45, 7) is 0. The van der Waals surface area contributed by atoms with Gasteiger partial charge in [0.2, 0.25) is 11.7 Å². The minimum atomic E-state index is 0.193. The van der Waals surface area contributed by atoms with E-state index in [9.17, 15) is 0 Å².